The zero-order valence-electron chi connectivity index (χ0n) is 13.0. The van der Waals surface area contributed by atoms with Crippen LogP contribution in [0.3, 0.4) is 0 Å². The van der Waals surface area contributed by atoms with Gasteiger partial charge in [0.25, 0.3) is 0 Å². The smallest absolute Gasteiger partial charge is 0.410 e. The number of carboxylic acid groups (broad SMARTS) is 1. The largest absolute Gasteiger partial charge is 0.466 e. The molecule has 1 N–H and O–H groups in total. The molecule has 0 saturated carbocycles. The summed E-state index contributed by atoms with van der Waals surface area (Å²) in [5.41, 5.74) is 0.836. The molecule has 1 aliphatic rings. The van der Waals surface area contributed by atoms with Crippen molar-refractivity contribution in [2.45, 2.75) is 39.0 Å². The maximum absolute atomic E-state index is 11.5. The van der Waals surface area contributed by atoms with Crippen LogP contribution in [0.1, 0.15) is 37.9 Å². The van der Waals surface area contributed by atoms with Crippen molar-refractivity contribution in [1.82, 2.24) is 4.90 Å². The first kappa shape index (κ1) is 16.3. The number of amides is 1. The molecule has 1 aliphatic heterocycles. The zero-order chi connectivity index (χ0) is 16.3. The van der Waals surface area contributed by atoms with Crippen molar-refractivity contribution in [3.63, 3.8) is 0 Å². The van der Waals surface area contributed by atoms with Crippen LogP contribution in [-0.2, 0) is 20.7 Å². The molecular weight excluding hydrogens is 286 g/mol. The molecule has 2 rings (SSSR count). The predicted octanol–water partition coefficient (Wildman–Crippen LogP) is 2.58. The van der Waals surface area contributed by atoms with E-state index in [-0.39, 0.29) is 18.4 Å². The van der Waals surface area contributed by atoms with E-state index < -0.39 is 11.8 Å². The van der Waals surface area contributed by atoms with E-state index in [1.807, 2.05) is 24.3 Å². The van der Waals surface area contributed by atoms with Gasteiger partial charge in [0.05, 0.1) is 25.7 Å². The van der Waals surface area contributed by atoms with Gasteiger partial charge in [0.2, 0.25) is 0 Å². The Morgan fingerprint density at radius 1 is 1.36 bits per heavy atom. The van der Waals surface area contributed by atoms with E-state index in [1.54, 1.807) is 20.8 Å². The maximum atomic E-state index is 11.5. The van der Waals surface area contributed by atoms with Crippen LogP contribution in [0.5, 0.6) is 0 Å². The molecule has 0 radical (unpaired) electrons. The van der Waals surface area contributed by atoms with Gasteiger partial charge in [-0.15, -0.1) is 0 Å². The summed E-state index contributed by atoms with van der Waals surface area (Å²) in [6, 6.07) is 6.96. The zero-order valence-corrected chi connectivity index (χ0v) is 13.0. The average molecular weight is 307 g/mol. The number of carbonyl (C=O) groups is 2. The molecule has 120 valence electrons. The van der Waals surface area contributed by atoms with Gasteiger partial charge in [0.15, 0.2) is 0 Å². The van der Waals surface area contributed by atoms with Crippen molar-refractivity contribution >= 4 is 12.1 Å². The first-order valence-corrected chi connectivity index (χ1v) is 7.26. The topological polar surface area (TPSA) is 76.1 Å². The Bertz CT molecular complexity index is 552. The molecule has 22 heavy (non-hydrogen) atoms. The molecule has 0 spiro atoms. The lowest BCUT2D eigenvalue weighted by molar-refractivity contribution is -0.142. The fourth-order valence-corrected chi connectivity index (χ4v) is 2.65. The van der Waals surface area contributed by atoms with Crippen molar-refractivity contribution in [3.8, 4) is 0 Å². The summed E-state index contributed by atoms with van der Waals surface area (Å²) < 4.78 is 10.5. The van der Waals surface area contributed by atoms with E-state index in [0.29, 0.717) is 13.2 Å². The number of ether oxygens (including phenoxy) is 2. The Kier molecular flexibility index (Phi) is 4.71. The molecule has 1 heterocycles. The molecule has 6 heteroatoms. The number of hydrogen-bond donors (Lipinski definition) is 1. The molecule has 1 atom stereocenters. The molecule has 0 bridgehead atoms. The summed E-state index contributed by atoms with van der Waals surface area (Å²) in [5.74, 6) is -0.271. The molecule has 6 nitrogen and oxygen atoms in total. The predicted molar refractivity (Wildman–Crippen MR) is 79.4 cm³/mol. The van der Waals surface area contributed by atoms with Gasteiger partial charge in [-0.2, -0.15) is 0 Å². The van der Waals surface area contributed by atoms with Crippen LogP contribution in [0.2, 0.25) is 0 Å². The monoisotopic (exact) mass is 307 g/mol. The lowest BCUT2D eigenvalue weighted by Gasteiger charge is -2.31. The Morgan fingerprint density at radius 2 is 2.00 bits per heavy atom. The molecule has 1 aromatic rings. The molecule has 1 fully saturated rings. The fourth-order valence-electron chi connectivity index (χ4n) is 2.65. The van der Waals surface area contributed by atoms with Crippen LogP contribution in [0.4, 0.5) is 4.79 Å². The van der Waals surface area contributed by atoms with Crippen molar-refractivity contribution in [3.05, 3.63) is 35.4 Å². The fraction of sp³-hybridized carbons (Fsp3) is 0.500. The van der Waals surface area contributed by atoms with E-state index in [0.717, 1.165) is 11.1 Å². The number of benzene rings is 1. The van der Waals surface area contributed by atoms with Gasteiger partial charge in [0, 0.05) is 0 Å². The highest BCUT2D eigenvalue weighted by Crippen LogP contribution is 2.36. The summed E-state index contributed by atoms with van der Waals surface area (Å²) in [4.78, 5) is 24.2. The molecular formula is C16H21NO5. The summed E-state index contributed by atoms with van der Waals surface area (Å²) in [6.07, 6.45) is -0.799. The normalized spacial score (nSPS) is 20.0. The van der Waals surface area contributed by atoms with Crippen LogP contribution >= 0.6 is 0 Å². The molecule has 1 saturated heterocycles. The van der Waals surface area contributed by atoms with Crippen molar-refractivity contribution < 1.29 is 24.2 Å². The van der Waals surface area contributed by atoms with Crippen LogP contribution in [0.25, 0.3) is 0 Å². The summed E-state index contributed by atoms with van der Waals surface area (Å²) >= 11 is 0. The maximum Gasteiger partial charge on any atom is 0.410 e. The van der Waals surface area contributed by atoms with Crippen molar-refractivity contribution in [1.29, 1.82) is 0 Å². The second kappa shape index (κ2) is 6.36. The SMILES string of the molecule is CCOC(=O)Cc1ccc([C@H]2COC(C)(C)N2C(=O)O)cc1. The second-order valence-corrected chi connectivity index (χ2v) is 5.65. The third kappa shape index (κ3) is 3.39. The van der Waals surface area contributed by atoms with Gasteiger partial charge in [0.1, 0.15) is 5.72 Å². The van der Waals surface area contributed by atoms with Gasteiger partial charge >= 0.3 is 12.1 Å². The van der Waals surface area contributed by atoms with Gasteiger partial charge in [-0.3, -0.25) is 9.69 Å². The highest BCUT2D eigenvalue weighted by molar-refractivity contribution is 5.72. The van der Waals surface area contributed by atoms with Crippen LogP contribution in [0, 0.1) is 0 Å². The van der Waals surface area contributed by atoms with E-state index in [4.69, 9.17) is 9.47 Å². The Morgan fingerprint density at radius 3 is 2.55 bits per heavy atom. The lowest BCUT2D eigenvalue weighted by atomic mass is 10.0. The second-order valence-electron chi connectivity index (χ2n) is 5.65. The lowest BCUT2D eigenvalue weighted by Crippen LogP contribution is -2.43. The highest BCUT2D eigenvalue weighted by Gasteiger charge is 2.44. The molecule has 1 aromatic carbocycles. The minimum Gasteiger partial charge on any atom is -0.466 e. The van der Waals surface area contributed by atoms with Crippen LogP contribution in [-0.4, -0.2) is 41.0 Å². The highest BCUT2D eigenvalue weighted by atomic mass is 16.5. The third-order valence-corrected chi connectivity index (χ3v) is 3.71. The summed E-state index contributed by atoms with van der Waals surface area (Å²) in [7, 11) is 0. The minimum absolute atomic E-state index is 0.212. The first-order chi connectivity index (χ1) is 10.3. The first-order valence-electron chi connectivity index (χ1n) is 7.26. The van der Waals surface area contributed by atoms with E-state index >= 15 is 0 Å². The van der Waals surface area contributed by atoms with Crippen molar-refractivity contribution in [2.24, 2.45) is 0 Å². The van der Waals surface area contributed by atoms with Gasteiger partial charge in [-0.05, 0) is 31.9 Å². The summed E-state index contributed by atoms with van der Waals surface area (Å²) in [6.45, 7) is 5.91. The Labute approximate surface area is 129 Å². The number of esters is 1. The third-order valence-electron chi connectivity index (χ3n) is 3.71. The summed E-state index contributed by atoms with van der Waals surface area (Å²) in [5, 5.41) is 9.40. The van der Waals surface area contributed by atoms with Crippen molar-refractivity contribution in [2.75, 3.05) is 13.2 Å². The van der Waals surface area contributed by atoms with Crippen LogP contribution in [0.15, 0.2) is 24.3 Å². The minimum atomic E-state index is -1.01. The average Bonchev–Trinajstić information content (AvgIpc) is 2.75. The van der Waals surface area contributed by atoms with Gasteiger partial charge < -0.3 is 14.6 Å². The quantitative estimate of drug-likeness (QED) is 0.865. The van der Waals surface area contributed by atoms with Gasteiger partial charge in [-0.25, -0.2) is 4.79 Å². The number of hydrogen-bond acceptors (Lipinski definition) is 4. The van der Waals surface area contributed by atoms with E-state index in [2.05, 4.69) is 0 Å². The number of rotatable bonds is 4. The molecule has 0 unspecified atom stereocenters. The molecule has 1 amide bonds. The Hall–Kier alpha value is -2.08. The van der Waals surface area contributed by atoms with Gasteiger partial charge in [-0.1, -0.05) is 24.3 Å². The molecule has 0 aromatic heterocycles. The van der Waals surface area contributed by atoms with Crippen LogP contribution < -0.4 is 0 Å². The Balaban J connectivity index is 2.13. The number of carbonyl (C=O) groups excluding carboxylic acids is 1. The standard InChI is InChI=1S/C16H21NO5/c1-4-21-14(18)9-11-5-7-12(8-6-11)13-10-22-16(2,3)17(13)15(19)20/h5-8,13H,4,9-10H2,1-3H3,(H,19,20)/t13-/m1/s1. The number of nitrogens with zero attached hydrogens (tertiary/aromatic N) is 1. The molecule has 0 aliphatic carbocycles. The van der Waals surface area contributed by atoms with E-state index in [9.17, 15) is 14.7 Å². The van der Waals surface area contributed by atoms with E-state index in [1.165, 1.54) is 4.90 Å².